The Labute approximate surface area is 119 Å². The van der Waals surface area contributed by atoms with Gasteiger partial charge in [-0.25, -0.2) is 4.79 Å². The van der Waals surface area contributed by atoms with Crippen LogP contribution in [0.3, 0.4) is 0 Å². The molecular formula is C14H22N4O2. The van der Waals surface area contributed by atoms with Gasteiger partial charge in [0, 0.05) is 32.7 Å². The molecule has 1 heterocycles. The lowest BCUT2D eigenvalue weighted by Gasteiger charge is -2.35. The third-order valence-corrected chi connectivity index (χ3v) is 3.39. The van der Waals surface area contributed by atoms with Gasteiger partial charge < -0.3 is 25.5 Å². The van der Waals surface area contributed by atoms with E-state index in [2.05, 4.69) is 27.5 Å². The molecule has 1 aromatic rings. The summed E-state index contributed by atoms with van der Waals surface area (Å²) in [6.45, 7) is 4.13. The Morgan fingerprint density at radius 1 is 1.25 bits per heavy atom. The lowest BCUT2D eigenvalue weighted by molar-refractivity contribution is 0.245. The number of nitrogens with one attached hydrogen (secondary N) is 2. The number of carbonyl (C=O) groups excluding carboxylic acids is 1. The van der Waals surface area contributed by atoms with Crippen LogP contribution in [0.15, 0.2) is 24.3 Å². The number of likely N-dealkylation sites (N-methyl/N-ethyl adjacent to an activating group) is 1. The Balaban J connectivity index is 2.04. The van der Waals surface area contributed by atoms with E-state index in [4.69, 9.17) is 5.11 Å². The van der Waals surface area contributed by atoms with Crippen LogP contribution < -0.4 is 15.5 Å². The van der Waals surface area contributed by atoms with Crippen molar-refractivity contribution in [2.45, 2.75) is 0 Å². The van der Waals surface area contributed by atoms with Crippen LogP contribution in [0, 0.1) is 0 Å². The van der Waals surface area contributed by atoms with E-state index in [1.807, 2.05) is 24.3 Å². The van der Waals surface area contributed by atoms with Crippen molar-refractivity contribution in [3.63, 3.8) is 0 Å². The minimum absolute atomic E-state index is 0.0620. The van der Waals surface area contributed by atoms with Gasteiger partial charge in [0.05, 0.1) is 18.0 Å². The van der Waals surface area contributed by atoms with Crippen molar-refractivity contribution in [1.29, 1.82) is 0 Å². The molecule has 1 fully saturated rings. The lowest BCUT2D eigenvalue weighted by atomic mass is 10.2. The second-order valence-corrected chi connectivity index (χ2v) is 4.91. The predicted molar refractivity (Wildman–Crippen MR) is 80.3 cm³/mol. The van der Waals surface area contributed by atoms with Crippen LogP contribution in [0.25, 0.3) is 0 Å². The summed E-state index contributed by atoms with van der Waals surface area (Å²) in [4.78, 5) is 16.3. The van der Waals surface area contributed by atoms with Gasteiger partial charge in [0.2, 0.25) is 0 Å². The van der Waals surface area contributed by atoms with Gasteiger partial charge in [-0.05, 0) is 19.2 Å². The largest absolute Gasteiger partial charge is 0.395 e. The highest BCUT2D eigenvalue weighted by atomic mass is 16.3. The summed E-state index contributed by atoms with van der Waals surface area (Å²) < 4.78 is 0. The zero-order valence-corrected chi connectivity index (χ0v) is 11.8. The number of rotatable bonds is 4. The Morgan fingerprint density at radius 2 is 1.95 bits per heavy atom. The van der Waals surface area contributed by atoms with E-state index in [0.717, 1.165) is 37.6 Å². The quantitative estimate of drug-likeness (QED) is 0.752. The van der Waals surface area contributed by atoms with Crippen molar-refractivity contribution >= 4 is 17.4 Å². The molecule has 0 unspecified atom stereocenters. The summed E-state index contributed by atoms with van der Waals surface area (Å²) in [6.07, 6.45) is 0. The third-order valence-electron chi connectivity index (χ3n) is 3.39. The standard InChI is InChI=1S/C14H22N4O2/c1-17-7-9-18(10-8-17)13-5-3-2-4-12(13)16-14(20)15-6-11-19/h2-5,19H,6-11H2,1H3,(H2,15,16,20). The molecule has 2 amide bonds. The second-order valence-electron chi connectivity index (χ2n) is 4.91. The van der Waals surface area contributed by atoms with E-state index in [1.165, 1.54) is 0 Å². The Hall–Kier alpha value is -1.79. The maximum absolute atomic E-state index is 11.7. The van der Waals surface area contributed by atoms with Crippen molar-refractivity contribution in [3.05, 3.63) is 24.3 Å². The topological polar surface area (TPSA) is 67.8 Å². The minimum atomic E-state index is -0.291. The first-order chi connectivity index (χ1) is 9.70. The average molecular weight is 278 g/mol. The van der Waals surface area contributed by atoms with Crippen molar-refractivity contribution in [2.24, 2.45) is 0 Å². The molecule has 0 aromatic heterocycles. The van der Waals surface area contributed by atoms with Crippen LogP contribution in [0.2, 0.25) is 0 Å². The predicted octanol–water partition coefficient (Wildman–Crippen LogP) is 0.552. The summed E-state index contributed by atoms with van der Waals surface area (Å²) in [5.41, 5.74) is 1.84. The molecule has 0 spiro atoms. The van der Waals surface area contributed by atoms with Crippen LogP contribution in [-0.2, 0) is 0 Å². The molecule has 1 aromatic carbocycles. The Kier molecular flexibility index (Phi) is 5.20. The fourth-order valence-electron chi connectivity index (χ4n) is 2.24. The van der Waals surface area contributed by atoms with Crippen molar-refractivity contribution < 1.29 is 9.90 Å². The van der Waals surface area contributed by atoms with Gasteiger partial charge in [0.15, 0.2) is 0 Å². The van der Waals surface area contributed by atoms with Gasteiger partial charge in [-0.15, -0.1) is 0 Å². The third kappa shape index (κ3) is 3.85. The van der Waals surface area contributed by atoms with Crippen LogP contribution in [0.5, 0.6) is 0 Å². The number of piperazine rings is 1. The van der Waals surface area contributed by atoms with E-state index >= 15 is 0 Å². The SMILES string of the molecule is CN1CCN(c2ccccc2NC(=O)NCCO)CC1. The number of amides is 2. The van der Waals surface area contributed by atoms with Crippen molar-refractivity contribution in [3.8, 4) is 0 Å². The van der Waals surface area contributed by atoms with Crippen LogP contribution in [0.1, 0.15) is 0 Å². The van der Waals surface area contributed by atoms with Gasteiger partial charge in [0.1, 0.15) is 0 Å². The summed E-state index contributed by atoms with van der Waals surface area (Å²) in [5, 5.41) is 14.1. The second kappa shape index (κ2) is 7.12. The smallest absolute Gasteiger partial charge is 0.319 e. The molecule has 1 saturated heterocycles. The normalized spacial score (nSPS) is 16.0. The average Bonchev–Trinajstić information content (AvgIpc) is 2.47. The summed E-state index contributed by atoms with van der Waals surface area (Å²) in [6, 6.07) is 7.51. The fraction of sp³-hybridized carbons (Fsp3) is 0.500. The van der Waals surface area contributed by atoms with E-state index < -0.39 is 0 Å². The number of aliphatic hydroxyl groups is 1. The highest BCUT2D eigenvalue weighted by molar-refractivity contribution is 5.93. The van der Waals surface area contributed by atoms with E-state index in [9.17, 15) is 4.79 Å². The number of anilines is 2. The van der Waals surface area contributed by atoms with E-state index in [0.29, 0.717) is 0 Å². The molecule has 110 valence electrons. The zero-order chi connectivity index (χ0) is 14.4. The van der Waals surface area contributed by atoms with Crippen LogP contribution >= 0.6 is 0 Å². The summed E-state index contributed by atoms with van der Waals surface area (Å²) in [5.74, 6) is 0. The molecule has 0 atom stereocenters. The van der Waals surface area contributed by atoms with Gasteiger partial charge in [0.25, 0.3) is 0 Å². The molecule has 1 aliphatic heterocycles. The number of hydrogen-bond acceptors (Lipinski definition) is 4. The van der Waals surface area contributed by atoms with Crippen molar-refractivity contribution in [1.82, 2.24) is 10.2 Å². The molecule has 6 heteroatoms. The first-order valence-electron chi connectivity index (χ1n) is 6.89. The molecule has 0 saturated carbocycles. The number of nitrogens with zero attached hydrogens (tertiary/aromatic N) is 2. The van der Waals surface area contributed by atoms with Gasteiger partial charge in [-0.3, -0.25) is 0 Å². The summed E-state index contributed by atoms with van der Waals surface area (Å²) in [7, 11) is 2.11. The monoisotopic (exact) mass is 278 g/mol. The maximum atomic E-state index is 11.7. The maximum Gasteiger partial charge on any atom is 0.319 e. The molecule has 2 rings (SSSR count). The molecule has 20 heavy (non-hydrogen) atoms. The number of aliphatic hydroxyl groups excluding tert-OH is 1. The van der Waals surface area contributed by atoms with E-state index in [-0.39, 0.29) is 19.2 Å². The highest BCUT2D eigenvalue weighted by Gasteiger charge is 2.17. The molecule has 3 N–H and O–H groups in total. The lowest BCUT2D eigenvalue weighted by Crippen LogP contribution is -2.44. The molecule has 6 nitrogen and oxygen atoms in total. The van der Waals surface area contributed by atoms with Gasteiger partial charge in [-0.2, -0.15) is 0 Å². The van der Waals surface area contributed by atoms with E-state index in [1.54, 1.807) is 0 Å². The van der Waals surface area contributed by atoms with Gasteiger partial charge >= 0.3 is 6.03 Å². The van der Waals surface area contributed by atoms with Crippen LogP contribution in [-0.4, -0.2) is 62.4 Å². The fourth-order valence-corrected chi connectivity index (χ4v) is 2.24. The Morgan fingerprint density at radius 3 is 2.65 bits per heavy atom. The molecular weight excluding hydrogens is 256 g/mol. The number of hydrogen-bond donors (Lipinski definition) is 3. The zero-order valence-electron chi connectivity index (χ0n) is 11.8. The molecule has 0 aliphatic carbocycles. The first-order valence-corrected chi connectivity index (χ1v) is 6.89. The molecule has 0 radical (unpaired) electrons. The van der Waals surface area contributed by atoms with Crippen molar-refractivity contribution in [2.75, 3.05) is 56.6 Å². The molecule has 1 aliphatic rings. The van der Waals surface area contributed by atoms with Gasteiger partial charge in [-0.1, -0.05) is 12.1 Å². The number of benzene rings is 1. The Bertz CT molecular complexity index is 445. The first kappa shape index (κ1) is 14.6. The number of urea groups is 1. The molecule has 0 bridgehead atoms. The van der Waals surface area contributed by atoms with Crippen LogP contribution in [0.4, 0.5) is 16.2 Å². The highest BCUT2D eigenvalue weighted by Crippen LogP contribution is 2.26. The summed E-state index contributed by atoms with van der Waals surface area (Å²) >= 11 is 0. The minimum Gasteiger partial charge on any atom is -0.395 e. The number of carbonyl (C=O) groups is 1. The number of para-hydroxylation sites is 2.